The van der Waals surface area contributed by atoms with Gasteiger partial charge in [0, 0.05) is 18.9 Å². The van der Waals surface area contributed by atoms with Gasteiger partial charge in [-0.1, -0.05) is 12.1 Å². The van der Waals surface area contributed by atoms with Gasteiger partial charge in [0.1, 0.15) is 5.75 Å². The number of nitrogens with one attached hydrogen (secondary N) is 1. The predicted molar refractivity (Wildman–Crippen MR) is 80.8 cm³/mol. The van der Waals surface area contributed by atoms with E-state index in [1.807, 2.05) is 36.4 Å². The van der Waals surface area contributed by atoms with Gasteiger partial charge in [0.15, 0.2) is 6.61 Å². The predicted octanol–water partition coefficient (Wildman–Crippen LogP) is 1.28. The number of nitrogens with two attached hydrogens (primary N) is 1. The number of amides is 1. The van der Waals surface area contributed by atoms with Crippen molar-refractivity contribution in [2.75, 3.05) is 13.2 Å². The molecule has 110 valence electrons. The van der Waals surface area contributed by atoms with Crippen LogP contribution in [0.3, 0.4) is 0 Å². The minimum atomic E-state index is -0.475. The molecule has 0 radical (unpaired) electrons. The highest BCUT2D eigenvalue weighted by atomic mass is 16.5. The first-order chi connectivity index (χ1) is 10.2. The molecule has 0 bridgehead atoms. The summed E-state index contributed by atoms with van der Waals surface area (Å²) in [4.78, 5) is 14.6. The van der Waals surface area contributed by atoms with E-state index in [9.17, 15) is 4.79 Å². The highest BCUT2D eigenvalue weighted by Crippen LogP contribution is 2.11. The topological polar surface area (TPSA) is 77.2 Å². The molecule has 0 aliphatic heterocycles. The van der Waals surface area contributed by atoms with Crippen LogP contribution in [0.1, 0.15) is 11.1 Å². The largest absolute Gasteiger partial charge is 0.484 e. The van der Waals surface area contributed by atoms with Crippen molar-refractivity contribution in [3.05, 3.63) is 59.9 Å². The van der Waals surface area contributed by atoms with Crippen molar-refractivity contribution in [2.24, 2.45) is 5.73 Å². The summed E-state index contributed by atoms with van der Waals surface area (Å²) in [6.45, 7) is 1.61. The third-order valence-corrected chi connectivity index (χ3v) is 2.97. The van der Waals surface area contributed by atoms with Crippen LogP contribution in [-0.4, -0.2) is 24.0 Å². The summed E-state index contributed by atoms with van der Waals surface area (Å²) in [6, 6.07) is 11.6. The summed E-state index contributed by atoms with van der Waals surface area (Å²) >= 11 is 0. The van der Waals surface area contributed by atoms with Crippen molar-refractivity contribution in [2.45, 2.75) is 13.0 Å². The maximum atomic E-state index is 10.6. The summed E-state index contributed by atoms with van der Waals surface area (Å²) in [5.41, 5.74) is 7.46. The number of carbonyl (C=O) groups excluding carboxylic acids is 1. The van der Waals surface area contributed by atoms with Crippen LogP contribution < -0.4 is 15.8 Å². The van der Waals surface area contributed by atoms with E-state index in [2.05, 4.69) is 10.3 Å². The molecule has 0 saturated carbocycles. The van der Waals surface area contributed by atoms with Crippen molar-refractivity contribution in [1.82, 2.24) is 10.3 Å². The molecule has 3 N–H and O–H groups in total. The van der Waals surface area contributed by atoms with Gasteiger partial charge in [-0.25, -0.2) is 0 Å². The standard InChI is InChI=1S/C16H19N3O2/c17-16(20)12-21-15-3-1-14(2-4-15)11-19-10-7-13-5-8-18-9-6-13/h1-6,8-9,19H,7,10-12H2,(H2,17,20). The number of pyridine rings is 1. The highest BCUT2D eigenvalue weighted by Gasteiger charge is 1.98. The second-order valence-corrected chi connectivity index (χ2v) is 4.68. The summed E-state index contributed by atoms with van der Waals surface area (Å²) in [5.74, 6) is 0.172. The number of benzene rings is 1. The monoisotopic (exact) mass is 285 g/mol. The van der Waals surface area contributed by atoms with Gasteiger partial charge in [-0.3, -0.25) is 9.78 Å². The lowest BCUT2D eigenvalue weighted by atomic mass is 10.2. The molecule has 0 aliphatic carbocycles. The summed E-state index contributed by atoms with van der Waals surface area (Å²) in [6.07, 6.45) is 4.59. The van der Waals surface area contributed by atoms with Crippen molar-refractivity contribution in [1.29, 1.82) is 0 Å². The molecule has 0 saturated heterocycles. The van der Waals surface area contributed by atoms with Crippen LogP contribution >= 0.6 is 0 Å². The Morgan fingerprint density at radius 3 is 2.48 bits per heavy atom. The Labute approximate surface area is 124 Å². The Hall–Kier alpha value is -2.40. The quantitative estimate of drug-likeness (QED) is 0.716. The van der Waals surface area contributed by atoms with E-state index < -0.39 is 5.91 Å². The van der Waals surface area contributed by atoms with E-state index >= 15 is 0 Å². The minimum Gasteiger partial charge on any atom is -0.484 e. The van der Waals surface area contributed by atoms with Gasteiger partial charge in [-0.05, 0) is 48.4 Å². The fraction of sp³-hybridized carbons (Fsp3) is 0.250. The zero-order valence-corrected chi connectivity index (χ0v) is 11.8. The van der Waals surface area contributed by atoms with Crippen LogP contribution in [0.15, 0.2) is 48.8 Å². The maximum absolute atomic E-state index is 10.6. The SMILES string of the molecule is NC(=O)COc1ccc(CNCCc2ccncc2)cc1. The van der Waals surface area contributed by atoms with E-state index in [-0.39, 0.29) is 6.61 Å². The van der Waals surface area contributed by atoms with Gasteiger partial charge >= 0.3 is 0 Å². The van der Waals surface area contributed by atoms with Gasteiger partial charge in [0.25, 0.3) is 5.91 Å². The van der Waals surface area contributed by atoms with E-state index in [4.69, 9.17) is 10.5 Å². The van der Waals surface area contributed by atoms with Crippen LogP contribution in [0.5, 0.6) is 5.75 Å². The van der Waals surface area contributed by atoms with E-state index in [1.165, 1.54) is 5.56 Å². The van der Waals surface area contributed by atoms with Gasteiger partial charge in [0.2, 0.25) is 0 Å². The summed E-state index contributed by atoms with van der Waals surface area (Å²) in [5, 5.41) is 3.38. The molecule has 1 aromatic heterocycles. The number of hydrogen-bond acceptors (Lipinski definition) is 4. The van der Waals surface area contributed by atoms with Crippen LogP contribution in [0, 0.1) is 0 Å². The van der Waals surface area contributed by atoms with E-state index in [1.54, 1.807) is 12.4 Å². The van der Waals surface area contributed by atoms with Gasteiger partial charge in [-0.2, -0.15) is 0 Å². The zero-order valence-electron chi connectivity index (χ0n) is 11.8. The number of aromatic nitrogens is 1. The normalized spacial score (nSPS) is 10.3. The molecular weight excluding hydrogens is 266 g/mol. The van der Waals surface area contributed by atoms with Crippen molar-refractivity contribution < 1.29 is 9.53 Å². The van der Waals surface area contributed by atoms with Gasteiger partial charge < -0.3 is 15.8 Å². The number of nitrogens with zero attached hydrogens (tertiary/aromatic N) is 1. The zero-order chi connectivity index (χ0) is 14.9. The fourth-order valence-corrected chi connectivity index (χ4v) is 1.87. The third kappa shape index (κ3) is 5.62. The first-order valence-electron chi connectivity index (χ1n) is 6.84. The molecule has 1 amide bonds. The molecule has 2 rings (SSSR count). The fourth-order valence-electron chi connectivity index (χ4n) is 1.87. The Morgan fingerprint density at radius 2 is 1.81 bits per heavy atom. The molecular formula is C16H19N3O2. The Morgan fingerprint density at radius 1 is 1.10 bits per heavy atom. The van der Waals surface area contributed by atoms with Gasteiger partial charge in [-0.15, -0.1) is 0 Å². The second kappa shape index (κ2) is 8.01. The van der Waals surface area contributed by atoms with Gasteiger partial charge in [0.05, 0.1) is 0 Å². The first-order valence-corrected chi connectivity index (χ1v) is 6.84. The maximum Gasteiger partial charge on any atom is 0.255 e. The lowest BCUT2D eigenvalue weighted by Gasteiger charge is -2.07. The van der Waals surface area contributed by atoms with Crippen molar-refractivity contribution in [3.8, 4) is 5.75 Å². The summed E-state index contributed by atoms with van der Waals surface area (Å²) in [7, 11) is 0. The molecule has 0 fully saturated rings. The molecule has 5 heteroatoms. The second-order valence-electron chi connectivity index (χ2n) is 4.68. The number of rotatable bonds is 8. The van der Waals surface area contributed by atoms with Crippen LogP contribution in [0.4, 0.5) is 0 Å². The molecule has 1 heterocycles. The smallest absolute Gasteiger partial charge is 0.255 e. The van der Waals surface area contributed by atoms with Crippen LogP contribution in [0.25, 0.3) is 0 Å². The average molecular weight is 285 g/mol. The molecule has 1 aromatic carbocycles. The third-order valence-electron chi connectivity index (χ3n) is 2.97. The number of carbonyl (C=O) groups is 1. The van der Waals surface area contributed by atoms with E-state index in [0.717, 1.165) is 25.1 Å². The van der Waals surface area contributed by atoms with Crippen molar-refractivity contribution >= 4 is 5.91 Å². The highest BCUT2D eigenvalue weighted by molar-refractivity contribution is 5.75. The lowest BCUT2D eigenvalue weighted by molar-refractivity contribution is -0.119. The van der Waals surface area contributed by atoms with Crippen molar-refractivity contribution in [3.63, 3.8) is 0 Å². The number of ether oxygens (including phenoxy) is 1. The number of primary amides is 1. The minimum absolute atomic E-state index is 0.0937. The van der Waals surface area contributed by atoms with E-state index in [0.29, 0.717) is 5.75 Å². The molecule has 0 aliphatic rings. The molecule has 2 aromatic rings. The number of hydrogen-bond donors (Lipinski definition) is 2. The van der Waals surface area contributed by atoms with Crippen LogP contribution in [0.2, 0.25) is 0 Å². The average Bonchev–Trinajstić information content (AvgIpc) is 2.52. The molecule has 5 nitrogen and oxygen atoms in total. The Balaban J connectivity index is 1.70. The summed E-state index contributed by atoms with van der Waals surface area (Å²) < 4.78 is 5.21. The molecule has 0 atom stereocenters. The molecule has 21 heavy (non-hydrogen) atoms. The molecule has 0 unspecified atom stereocenters. The Kier molecular flexibility index (Phi) is 5.72. The van der Waals surface area contributed by atoms with Crippen LogP contribution in [-0.2, 0) is 17.8 Å². The lowest BCUT2D eigenvalue weighted by Crippen LogP contribution is -2.20. The first kappa shape index (κ1) is 15.0. The molecule has 0 spiro atoms. The Bertz CT molecular complexity index is 555.